The van der Waals surface area contributed by atoms with E-state index >= 15 is 0 Å². The highest BCUT2D eigenvalue weighted by Gasteiger charge is 2.06. The Kier molecular flexibility index (Phi) is 8.25. The first-order chi connectivity index (χ1) is 10.8. The lowest BCUT2D eigenvalue weighted by Crippen LogP contribution is -1.82. The zero-order chi connectivity index (χ0) is 15.6. The lowest BCUT2D eigenvalue weighted by molar-refractivity contribution is 0.667. The van der Waals surface area contributed by atoms with Crippen molar-refractivity contribution in [2.45, 2.75) is 78.1 Å². The summed E-state index contributed by atoms with van der Waals surface area (Å²) in [5.74, 6) is 0. The quantitative estimate of drug-likeness (QED) is 0.369. The molecule has 2 aromatic rings. The molecular weight excluding hydrogens is 304 g/mol. The summed E-state index contributed by atoms with van der Waals surface area (Å²) < 4.78 is 0. The molecule has 0 fully saturated rings. The minimum Gasteiger partial charge on any atom is -0.143 e. The highest BCUT2D eigenvalue weighted by molar-refractivity contribution is 7.20. The molecule has 0 bridgehead atoms. The van der Waals surface area contributed by atoms with Gasteiger partial charge in [0.15, 0.2) is 0 Å². The maximum Gasteiger partial charge on any atom is 0.0445 e. The first kappa shape index (κ1) is 17.7. The number of thiophene rings is 2. The van der Waals surface area contributed by atoms with E-state index in [1.165, 1.54) is 85.1 Å². The van der Waals surface area contributed by atoms with Crippen LogP contribution in [0.2, 0.25) is 0 Å². The van der Waals surface area contributed by atoms with Gasteiger partial charge in [0.1, 0.15) is 0 Å². The fourth-order valence-electron chi connectivity index (χ4n) is 2.78. The molecule has 0 saturated heterocycles. The summed E-state index contributed by atoms with van der Waals surface area (Å²) in [6.45, 7) is 4.55. The third-order valence-electron chi connectivity index (χ3n) is 4.19. The number of unbranched alkanes of at least 4 members (excludes halogenated alkanes) is 6. The third-order valence-corrected chi connectivity index (χ3v) is 6.34. The molecule has 122 valence electrons. The van der Waals surface area contributed by atoms with Crippen LogP contribution in [0.15, 0.2) is 22.9 Å². The highest BCUT2D eigenvalue weighted by atomic mass is 32.1. The van der Waals surface area contributed by atoms with Crippen molar-refractivity contribution in [3.8, 4) is 9.75 Å². The van der Waals surface area contributed by atoms with Crippen LogP contribution in [0.3, 0.4) is 0 Å². The van der Waals surface area contributed by atoms with Crippen LogP contribution in [0, 0.1) is 0 Å². The second kappa shape index (κ2) is 10.2. The fourth-order valence-corrected chi connectivity index (χ4v) is 4.79. The van der Waals surface area contributed by atoms with E-state index < -0.39 is 0 Å². The average Bonchev–Trinajstić information content (AvgIpc) is 3.17. The van der Waals surface area contributed by atoms with Crippen molar-refractivity contribution < 1.29 is 0 Å². The van der Waals surface area contributed by atoms with Crippen molar-refractivity contribution in [2.24, 2.45) is 0 Å². The highest BCUT2D eigenvalue weighted by Crippen LogP contribution is 2.33. The van der Waals surface area contributed by atoms with Crippen molar-refractivity contribution in [3.63, 3.8) is 0 Å². The van der Waals surface area contributed by atoms with Gasteiger partial charge in [0.25, 0.3) is 0 Å². The van der Waals surface area contributed by atoms with E-state index in [-0.39, 0.29) is 0 Å². The van der Waals surface area contributed by atoms with Crippen LogP contribution < -0.4 is 0 Å². The summed E-state index contributed by atoms with van der Waals surface area (Å²) >= 11 is 3.84. The fraction of sp³-hybridized carbons (Fsp3) is 0.600. The van der Waals surface area contributed by atoms with E-state index in [2.05, 4.69) is 36.7 Å². The van der Waals surface area contributed by atoms with Crippen LogP contribution in [-0.2, 0) is 12.8 Å². The van der Waals surface area contributed by atoms with Crippen molar-refractivity contribution in [2.75, 3.05) is 0 Å². The topological polar surface area (TPSA) is 0 Å². The van der Waals surface area contributed by atoms with E-state index in [1.807, 2.05) is 22.7 Å². The SMILES string of the molecule is CCCCCCc1csc(-c2cc(CCCCCC)cs2)c1. The van der Waals surface area contributed by atoms with Gasteiger partial charge in [0.2, 0.25) is 0 Å². The Labute approximate surface area is 144 Å². The van der Waals surface area contributed by atoms with Crippen LogP contribution in [-0.4, -0.2) is 0 Å². The molecule has 0 atom stereocenters. The summed E-state index contributed by atoms with van der Waals surface area (Å²) in [4.78, 5) is 2.94. The second-order valence-corrected chi connectivity index (χ2v) is 8.08. The van der Waals surface area contributed by atoms with Gasteiger partial charge in [-0.1, -0.05) is 52.4 Å². The van der Waals surface area contributed by atoms with Crippen LogP contribution in [0.4, 0.5) is 0 Å². The molecule has 0 aliphatic rings. The number of rotatable bonds is 11. The molecule has 0 unspecified atom stereocenters. The minimum absolute atomic E-state index is 1.26. The van der Waals surface area contributed by atoms with Crippen molar-refractivity contribution in [3.05, 3.63) is 34.0 Å². The first-order valence-corrected chi connectivity index (χ1v) is 10.7. The standard InChI is InChI=1S/C20H30S2/c1-3-5-7-9-11-17-13-19(21-15-17)20-14-18(16-22-20)12-10-8-6-4-2/h13-16H,3-12H2,1-2H3. The molecule has 0 spiro atoms. The molecular formula is C20H30S2. The van der Waals surface area contributed by atoms with Gasteiger partial charge in [0.05, 0.1) is 0 Å². The smallest absolute Gasteiger partial charge is 0.0445 e. The average molecular weight is 335 g/mol. The number of hydrogen-bond donors (Lipinski definition) is 0. The van der Waals surface area contributed by atoms with Crippen LogP contribution in [0.1, 0.15) is 76.3 Å². The lowest BCUT2D eigenvalue weighted by Gasteiger charge is -1.97. The number of aryl methyl sites for hydroxylation is 2. The molecule has 2 heteroatoms. The van der Waals surface area contributed by atoms with Gasteiger partial charge < -0.3 is 0 Å². The molecule has 0 aliphatic carbocycles. The predicted molar refractivity (Wildman–Crippen MR) is 103 cm³/mol. The Balaban J connectivity index is 1.81. The molecule has 2 heterocycles. The summed E-state index contributed by atoms with van der Waals surface area (Å²) in [5.41, 5.74) is 3.07. The van der Waals surface area contributed by atoms with Gasteiger partial charge in [-0.15, -0.1) is 22.7 Å². The van der Waals surface area contributed by atoms with Crippen LogP contribution in [0.25, 0.3) is 9.75 Å². The Morgan fingerprint density at radius 2 is 1.09 bits per heavy atom. The Morgan fingerprint density at radius 1 is 0.636 bits per heavy atom. The number of hydrogen-bond acceptors (Lipinski definition) is 2. The van der Waals surface area contributed by atoms with E-state index in [9.17, 15) is 0 Å². The largest absolute Gasteiger partial charge is 0.143 e. The Morgan fingerprint density at radius 3 is 1.50 bits per heavy atom. The molecule has 0 saturated carbocycles. The lowest BCUT2D eigenvalue weighted by atomic mass is 10.1. The van der Waals surface area contributed by atoms with Crippen LogP contribution >= 0.6 is 22.7 Å². The third kappa shape index (κ3) is 5.89. The molecule has 0 N–H and O–H groups in total. The maximum absolute atomic E-state index is 2.42. The van der Waals surface area contributed by atoms with Gasteiger partial charge in [-0.3, -0.25) is 0 Å². The summed E-state index contributed by atoms with van der Waals surface area (Å²) in [6.07, 6.45) is 13.4. The Bertz CT molecular complexity index is 473. The summed E-state index contributed by atoms with van der Waals surface area (Å²) in [6, 6.07) is 4.84. The molecule has 2 rings (SSSR count). The van der Waals surface area contributed by atoms with Crippen molar-refractivity contribution >= 4 is 22.7 Å². The van der Waals surface area contributed by atoms with E-state index in [1.54, 1.807) is 0 Å². The van der Waals surface area contributed by atoms with Crippen molar-refractivity contribution in [1.82, 2.24) is 0 Å². The normalized spacial score (nSPS) is 11.2. The monoisotopic (exact) mass is 334 g/mol. The van der Waals surface area contributed by atoms with E-state index in [0.29, 0.717) is 0 Å². The molecule has 0 aliphatic heterocycles. The Hall–Kier alpha value is -0.600. The van der Waals surface area contributed by atoms with Crippen molar-refractivity contribution in [1.29, 1.82) is 0 Å². The first-order valence-electron chi connectivity index (χ1n) is 8.98. The molecule has 22 heavy (non-hydrogen) atoms. The zero-order valence-corrected chi connectivity index (χ0v) is 15.8. The maximum atomic E-state index is 2.42. The molecule has 0 amide bonds. The van der Waals surface area contributed by atoms with Gasteiger partial charge in [-0.25, -0.2) is 0 Å². The second-order valence-electron chi connectivity index (χ2n) is 6.26. The van der Waals surface area contributed by atoms with E-state index in [0.717, 1.165) is 0 Å². The van der Waals surface area contributed by atoms with Gasteiger partial charge in [0, 0.05) is 9.75 Å². The van der Waals surface area contributed by atoms with Gasteiger partial charge in [-0.2, -0.15) is 0 Å². The molecule has 0 aromatic carbocycles. The summed E-state index contributed by atoms with van der Waals surface area (Å²) in [5, 5.41) is 4.73. The zero-order valence-electron chi connectivity index (χ0n) is 14.2. The van der Waals surface area contributed by atoms with E-state index in [4.69, 9.17) is 0 Å². The minimum atomic E-state index is 1.26. The molecule has 0 nitrogen and oxygen atoms in total. The molecule has 2 aromatic heterocycles. The van der Waals surface area contributed by atoms with Crippen LogP contribution in [0.5, 0.6) is 0 Å². The summed E-state index contributed by atoms with van der Waals surface area (Å²) in [7, 11) is 0. The molecule has 0 radical (unpaired) electrons. The van der Waals surface area contributed by atoms with Gasteiger partial charge >= 0.3 is 0 Å². The predicted octanol–water partition coefficient (Wildman–Crippen LogP) is 7.72. The van der Waals surface area contributed by atoms with Gasteiger partial charge in [-0.05, 0) is 59.7 Å².